The predicted octanol–water partition coefficient (Wildman–Crippen LogP) is 7.00. The van der Waals surface area contributed by atoms with Gasteiger partial charge in [-0.1, -0.05) is 49.1 Å². The number of anilines is 1. The number of rotatable bonds is 5. The zero-order valence-electron chi connectivity index (χ0n) is 20.1. The number of para-hydroxylation sites is 1. The Morgan fingerprint density at radius 3 is 2.51 bits per heavy atom. The molecule has 6 heteroatoms. The number of aromatic nitrogens is 1. The normalized spacial score (nSPS) is 18.1. The molecule has 4 nitrogen and oxygen atoms in total. The Bertz CT molecular complexity index is 1420. The summed E-state index contributed by atoms with van der Waals surface area (Å²) in [5.41, 5.74) is 0.952. The minimum Gasteiger partial charge on any atom is -0.355 e. The van der Waals surface area contributed by atoms with Gasteiger partial charge in [0.15, 0.2) is 5.43 Å². The topological polar surface area (TPSA) is 45.2 Å². The third-order valence-electron chi connectivity index (χ3n) is 8.05. The van der Waals surface area contributed by atoms with E-state index in [-0.39, 0.29) is 5.43 Å². The third-order valence-corrected chi connectivity index (χ3v) is 9.45. The van der Waals surface area contributed by atoms with Crippen LogP contribution in [0.15, 0.2) is 47.3 Å². The Morgan fingerprint density at radius 1 is 0.971 bits per heavy atom. The fourth-order valence-electron chi connectivity index (χ4n) is 6.03. The number of pyridine rings is 1. The van der Waals surface area contributed by atoms with Gasteiger partial charge in [0, 0.05) is 33.6 Å². The molecule has 0 amide bonds. The van der Waals surface area contributed by atoms with E-state index in [1.165, 1.54) is 58.0 Å². The Kier molecular flexibility index (Phi) is 6.66. The van der Waals surface area contributed by atoms with E-state index in [0.717, 1.165) is 56.4 Å². The number of nitrogens with one attached hydrogen (secondary N) is 1. The van der Waals surface area contributed by atoms with Crippen LogP contribution in [0.3, 0.4) is 0 Å². The number of piperidine rings is 2. The fraction of sp³-hybridized carbons (Fsp3) is 0.448. The molecule has 2 aliphatic rings. The molecule has 2 aliphatic heterocycles. The average molecular weight is 506 g/mol. The van der Waals surface area contributed by atoms with Gasteiger partial charge in [0.2, 0.25) is 0 Å². The lowest BCUT2D eigenvalue weighted by Gasteiger charge is -2.34. The maximum atomic E-state index is 13.7. The Hall–Kier alpha value is -2.21. The van der Waals surface area contributed by atoms with Crippen molar-refractivity contribution in [2.75, 3.05) is 31.1 Å². The van der Waals surface area contributed by atoms with Crippen LogP contribution in [0.1, 0.15) is 44.9 Å². The van der Waals surface area contributed by atoms with Gasteiger partial charge in [0.05, 0.1) is 15.6 Å². The third kappa shape index (κ3) is 4.66. The number of benzene rings is 2. The van der Waals surface area contributed by atoms with Crippen LogP contribution in [-0.2, 0) is 0 Å². The van der Waals surface area contributed by atoms with Crippen LogP contribution < -0.4 is 15.6 Å². The molecule has 0 radical (unpaired) electrons. The summed E-state index contributed by atoms with van der Waals surface area (Å²) >= 11 is 7.92. The highest BCUT2D eigenvalue weighted by atomic mass is 35.5. The van der Waals surface area contributed by atoms with Gasteiger partial charge >= 0.3 is 0 Å². The standard InChI is InChI=1S/C29H32ClN3OS/c30-21-8-9-25-23(18-21)27(34)26-22-6-1-2-7-24(22)32-29(28(26)35-25)33-16-12-20(13-17-33)5-3-4-19-10-14-31-15-11-19/h1-2,6-9,18-20,31H,3-5,10-17H2. The van der Waals surface area contributed by atoms with E-state index in [1.54, 1.807) is 17.4 Å². The minimum absolute atomic E-state index is 0.0592. The molecule has 4 heterocycles. The average Bonchev–Trinajstić information content (AvgIpc) is 2.90. The molecule has 0 spiro atoms. The molecule has 0 bridgehead atoms. The van der Waals surface area contributed by atoms with Gasteiger partial charge in [-0.3, -0.25) is 4.79 Å². The van der Waals surface area contributed by atoms with E-state index >= 15 is 0 Å². The van der Waals surface area contributed by atoms with Crippen molar-refractivity contribution >= 4 is 59.8 Å². The van der Waals surface area contributed by atoms with Gasteiger partial charge in [-0.2, -0.15) is 0 Å². The maximum absolute atomic E-state index is 13.7. The Morgan fingerprint density at radius 2 is 1.71 bits per heavy atom. The lowest BCUT2D eigenvalue weighted by atomic mass is 9.87. The molecule has 2 aromatic heterocycles. The Balaban J connectivity index is 1.28. The predicted molar refractivity (Wildman–Crippen MR) is 150 cm³/mol. The maximum Gasteiger partial charge on any atom is 0.196 e. The van der Waals surface area contributed by atoms with Crippen molar-refractivity contribution in [2.45, 2.75) is 44.9 Å². The van der Waals surface area contributed by atoms with Gasteiger partial charge < -0.3 is 10.2 Å². The summed E-state index contributed by atoms with van der Waals surface area (Å²) in [6.45, 7) is 4.42. The lowest BCUT2D eigenvalue weighted by molar-refractivity contribution is 0.313. The second-order valence-corrected chi connectivity index (χ2v) is 11.8. The molecule has 4 aromatic rings. The van der Waals surface area contributed by atoms with Crippen LogP contribution in [0.5, 0.6) is 0 Å². The van der Waals surface area contributed by atoms with E-state index < -0.39 is 0 Å². The van der Waals surface area contributed by atoms with Gasteiger partial charge in [-0.15, -0.1) is 11.3 Å². The largest absolute Gasteiger partial charge is 0.355 e. The van der Waals surface area contributed by atoms with Crippen LogP contribution in [0.4, 0.5) is 5.82 Å². The second kappa shape index (κ2) is 10.0. The van der Waals surface area contributed by atoms with E-state index in [9.17, 15) is 4.79 Å². The Labute approximate surface area is 215 Å². The minimum atomic E-state index is 0.0592. The van der Waals surface area contributed by atoms with Crippen LogP contribution in [-0.4, -0.2) is 31.2 Å². The first-order valence-electron chi connectivity index (χ1n) is 13.1. The van der Waals surface area contributed by atoms with Crippen molar-refractivity contribution in [1.29, 1.82) is 0 Å². The van der Waals surface area contributed by atoms with Crippen LogP contribution in [0.25, 0.3) is 31.1 Å². The summed E-state index contributed by atoms with van der Waals surface area (Å²) in [5, 5.41) is 6.50. The number of hydrogen-bond acceptors (Lipinski definition) is 5. The molecule has 2 saturated heterocycles. The first-order valence-corrected chi connectivity index (χ1v) is 14.3. The molecular formula is C29H32ClN3OS. The zero-order valence-corrected chi connectivity index (χ0v) is 21.6. The number of nitrogens with zero attached hydrogens (tertiary/aromatic N) is 2. The highest BCUT2D eigenvalue weighted by Crippen LogP contribution is 2.38. The first kappa shape index (κ1) is 23.2. The molecule has 35 heavy (non-hydrogen) atoms. The summed E-state index contributed by atoms with van der Waals surface area (Å²) in [6, 6.07) is 13.7. The lowest BCUT2D eigenvalue weighted by Crippen LogP contribution is -2.34. The fourth-order valence-corrected chi connectivity index (χ4v) is 7.39. The van der Waals surface area contributed by atoms with Crippen LogP contribution in [0, 0.1) is 11.8 Å². The summed E-state index contributed by atoms with van der Waals surface area (Å²) in [7, 11) is 0. The van der Waals surface area contributed by atoms with Gasteiger partial charge in [0.25, 0.3) is 0 Å². The monoisotopic (exact) mass is 505 g/mol. The number of fused-ring (bicyclic) bond motifs is 4. The quantitative estimate of drug-likeness (QED) is 0.234. The molecule has 0 atom stereocenters. The van der Waals surface area contributed by atoms with Crippen molar-refractivity contribution in [3.05, 3.63) is 57.7 Å². The number of halogens is 1. The highest BCUT2D eigenvalue weighted by Gasteiger charge is 2.24. The van der Waals surface area contributed by atoms with E-state index in [2.05, 4.69) is 10.2 Å². The van der Waals surface area contributed by atoms with E-state index in [0.29, 0.717) is 10.4 Å². The summed E-state index contributed by atoms with van der Waals surface area (Å²) in [4.78, 5) is 21.2. The molecule has 2 aromatic carbocycles. The van der Waals surface area contributed by atoms with Gasteiger partial charge in [-0.05, 0) is 74.9 Å². The van der Waals surface area contributed by atoms with Gasteiger partial charge in [0.1, 0.15) is 5.82 Å². The molecule has 2 fully saturated rings. The van der Waals surface area contributed by atoms with Crippen molar-refractivity contribution in [3.63, 3.8) is 0 Å². The summed E-state index contributed by atoms with van der Waals surface area (Å²) < 4.78 is 1.98. The van der Waals surface area contributed by atoms with Crippen LogP contribution in [0.2, 0.25) is 5.02 Å². The van der Waals surface area contributed by atoms with Crippen molar-refractivity contribution < 1.29 is 0 Å². The second-order valence-electron chi connectivity index (χ2n) is 10.3. The van der Waals surface area contributed by atoms with E-state index in [4.69, 9.17) is 16.6 Å². The van der Waals surface area contributed by atoms with Crippen LogP contribution >= 0.6 is 22.9 Å². The molecule has 1 N–H and O–H groups in total. The molecular weight excluding hydrogens is 474 g/mol. The first-order chi connectivity index (χ1) is 17.2. The molecule has 0 unspecified atom stereocenters. The molecule has 182 valence electrons. The van der Waals surface area contributed by atoms with Crippen molar-refractivity contribution in [3.8, 4) is 0 Å². The zero-order chi connectivity index (χ0) is 23.8. The van der Waals surface area contributed by atoms with Crippen molar-refractivity contribution in [1.82, 2.24) is 10.3 Å². The number of hydrogen-bond donors (Lipinski definition) is 1. The van der Waals surface area contributed by atoms with Gasteiger partial charge in [-0.25, -0.2) is 4.98 Å². The SMILES string of the molecule is O=c1c2cc(Cl)ccc2sc2c(N3CCC(CCCC4CCNCC4)CC3)nc3ccccc3c12. The van der Waals surface area contributed by atoms with E-state index in [1.807, 2.05) is 36.4 Å². The van der Waals surface area contributed by atoms with Crippen molar-refractivity contribution in [2.24, 2.45) is 11.8 Å². The summed E-state index contributed by atoms with van der Waals surface area (Å²) in [6.07, 6.45) is 9.22. The molecule has 0 aliphatic carbocycles. The molecule has 6 rings (SSSR count). The molecule has 0 saturated carbocycles. The summed E-state index contributed by atoms with van der Waals surface area (Å²) in [5.74, 6) is 2.71. The highest BCUT2D eigenvalue weighted by molar-refractivity contribution is 7.25. The smallest absolute Gasteiger partial charge is 0.196 e.